The Morgan fingerprint density at radius 3 is 2.00 bits per heavy atom. The fourth-order valence-electron chi connectivity index (χ4n) is 3.46. The summed E-state index contributed by atoms with van der Waals surface area (Å²) in [7, 11) is 0. The average Bonchev–Trinajstić information content (AvgIpc) is 3.03. The van der Waals surface area contributed by atoms with Crippen molar-refractivity contribution in [2.24, 2.45) is 0 Å². The third kappa shape index (κ3) is 2.40. The predicted molar refractivity (Wildman–Crippen MR) is 100 cm³/mol. The average molecular weight is 334 g/mol. The second-order valence-electron chi connectivity index (χ2n) is 6.13. The highest BCUT2D eigenvalue weighted by molar-refractivity contribution is 6.04. The smallest absolute Gasteiger partial charge is 0.138 e. The van der Waals surface area contributed by atoms with Crippen molar-refractivity contribution in [3.05, 3.63) is 89.0 Å². The fraction of sp³-hybridized carbons (Fsp3) is 0.0435. The second kappa shape index (κ2) is 6.33. The number of rotatable bonds is 2. The molecule has 0 radical (unpaired) electrons. The van der Waals surface area contributed by atoms with Gasteiger partial charge in [-0.05, 0) is 45.0 Å². The number of allylic oxidation sites excluding steroid dienone is 1. The number of nitriles is 2. The molecule has 4 rings (SSSR count). The molecule has 0 unspecified atom stereocenters. The van der Waals surface area contributed by atoms with Gasteiger partial charge in [0.25, 0.3) is 0 Å². The highest BCUT2D eigenvalue weighted by Gasteiger charge is 2.26. The minimum absolute atomic E-state index is 0.0142. The third-order valence-electron chi connectivity index (χ3n) is 4.72. The maximum atomic E-state index is 9.43. The van der Waals surface area contributed by atoms with Crippen molar-refractivity contribution in [3.63, 3.8) is 0 Å². The summed E-state index contributed by atoms with van der Waals surface area (Å²) in [4.78, 5) is 0. The van der Waals surface area contributed by atoms with Crippen LogP contribution in [-0.2, 0) is 6.61 Å². The van der Waals surface area contributed by atoms with Crippen molar-refractivity contribution < 1.29 is 5.11 Å². The van der Waals surface area contributed by atoms with Gasteiger partial charge in [-0.2, -0.15) is 10.5 Å². The molecule has 1 aliphatic carbocycles. The molecular weight excluding hydrogens is 320 g/mol. The number of nitrogens with zero attached hydrogens (tertiary/aromatic N) is 2. The van der Waals surface area contributed by atoms with Gasteiger partial charge in [0.15, 0.2) is 0 Å². The summed E-state index contributed by atoms with van der Waals surface area (Å²) < 4.78 is 0. The van der Waals surface area contributed by atoms with Crippen molar-refractivity contribution in [3.8, 4) is 34.4 Å². The Labute approximate surface area is 151 Å². The molecule has 3 aromatic carbocycles. The van der Waals surface area contributed by atoms with Crippen LogP contribution >= 0.6 is 0 Å². The second-order valence-corrected chi connectivity index (χ2v) is 6.13. The van der Waals surface area contributed by atoms with E-state index in [1.54, 1.807) is 0 Å². The molecule has 0 saturated heterocycles. The van der Waals surface area contributed by atoms with Crippen LogP contribution in [0.15, 0.2) is 72.3 Å². The van der Waals surface area contributed by atoms with Crippen LogP contribution in [-0.4, -0.2) is 5.11 Å². The molecule has 0 saturated carbocycles. The summed E-state index contributed by atoms with van der Waals surface area (Å²) in [6.07, 6.45) is 0. The molecule has 1 aliphatic rings. The standard InChI is InChI=1S/C23H14N2O/c24-12-18(13-25)23-21-4-2-1-3-19(21)20-10-9-17(11-22(20)23)16-7-5-15(14-26)6-8-16/h1-11,26H,14H2. The van der Waals surface area contributed by atoms with Crippen LogP contribution in [0.4, 0.5) is 0 Å². The number of hydrogen-bond acceptors (Lipinski definition) is 3. The van der Waals surface area contributed by atoms with Gasteiger partial charge in [0.2, 0.25) is 0 Å². The van der Waals surface area contributed by atoms with Gasteiger partial charge in [-0.15, -0.1) is 0 Å². The monoisotopic (exact) mass is 334 g/mol. The minimum Gasteiger partial charge on any atom is -0.392 e. The predicted octanol–water partition coefficient (Wildman–Crippen LogP) is 4.68. The Bertz CT molecular complexity index is 1110. The van der Waals surface area contributed by atoms with Crippen LogP contribution < -0.4 is 0 Å². The van der Waals surface area contributed by atoms with E-state index in [2.05, 4.69) is 0 Å². The van der Waals surface area contributed by atoms with E-state index in [-0.39, 0.29) is 12.2 Å². The molecule has 3 heteroatoms. The van der Waals surface area contributed by atoms with E-state index in [0.29, 0.717) is 5.57 Å². The molecule has 3 aromatic rings. The van der Waals surface area contributed by atoms with Crippen molar-refractivity contribution in [2.75, 3.05) is 0 Å². The molecule has 0 fully saturated rings. The van der Waals surface area contributed by atoms with E-state index in [1.165, 1.54) is 0 Å². The molecule has 122 valence electrons. The highest BCUT2D eigenvalue weighted by Crippen LogP contribution is 2.46. The zero-order chi connectivity index (χ0) is 18.1. The molecule has 0 spiro atoms. The van der Waals surface area contributed by atoms with Gasteiger partial charge in [-0.25, -0.2) is 0 Å². The first-order chi connectivity index (χ1) is 12.8. The van der Waals surface area contributed by atoms with Gasteiger partial charge in [0, 0.05) is 5.57 Å². The van der Waals surface area contributed by atoms with Crippen LogP contribution in [0.3, 0.4) is 0 Å². The summed E-state index contributed by atoms with van der Waals surface area (Å²) in [6, 6.07) is 25.8. The molecule has 0 aliphatic heterocycles. The summed E-state index contributed by atoms with van der Waals surface area (Å²) >= 11 is 0. The SMILES string of the molecule is N#CC(C#N)=C1c2ccccc2-c2ccc(-c3ccc(CO)cc3)cc21. The van der Waals surface area contributed by atoms with Crippen LogP contribution in [0, 0.1) is 22.7 Å². The van der Waals surface area contributed by atoms with Crippen LogP contribution in [0.2, 0.25) is 0 Å². The first-order valence-corrected chi connectivity index (χ1v) is 8.25. The number of aliphatic hydroxyl groups excluding tert-OH is 1. The lowest BCUT2D eigenvalue weighted by atomic mass is 9.95. The van der Waals surface area contributed by atoms with Crippen molar-refractivity contribution in [1.82, 2.24) is 0 Å². The largest absolute Gasteiger partial charge is 0.392 e. The van der Waals surface area contributed by atoms with Gasteiger partial charge < -0.3 is 5.11 Å². The first-order valence-electron chi connectivity index (χ1n) is 8.25. The third-order valence-corrected chi connectivity index (χ3v) is 4.72. The first kappa shape index (κ1) is 15.8. The normalized spacial score (nSPS) is 11.3. The molecular formula is C23H14N2O. The molecule has 3 nitrogen and oxygen atoms in total. The Morgan fingerprint density at radius 1 is 0.731 bits per heavy atom. The lowest BCUT2D eigenvalue weighted by molar-refractivity contribution is 0.282. The molecule has 0 heterocycles. The number of benzene rings is 3. The molecule has 0 atom stereocenters. The topological polar surface area (TPSA) is 67.8 Å². The van der Waals surface area contributed by atoms with E-state index < -0.39 is 0 Å². The quantitative estimate of drug-likeness (QED) is 0.541. The lowest BCUT2D eigenvalue weighted by Gasteiger charge is -2.08. The van der Waals surface area contributed by atoms with Gasteiger partial charge in [-0.1, -0.05) is 60.7 Å². The zero-order valence-electron chi connectivity index (χ0n) is 13.9. The van der Waals surface area contributed by atoms with Gasteiger partial charge in [0.1, 0.15) is 17.7 Å². The van der Waals surface area contributed by atoms with Crippen LogP contribution in [0.1, 0.15) is 16.7 Å². The van der Waals surface area contributed by atoms with Gasteiger partial charge >= 0.3 is 0 Å². The fourth-order valence-corrected chi connectivity index (χ4v) is 3.46. The Morgan fingerprint density at radius 2 is 1.35 bits per heavy atom. The summed E-state index contributed by atoms with van der Waals surface area (Å²) in [6.45, 7) is 0.0142. The summed E-state index contributed by atoms with van der Waals surface area (Å²) in [5, 5.41) is 28.1. The Balaban J connectivity index is 1.94. The van der Waals surface area contributed by atoms with E-state index in [9.17, 15) is 15.6 Å². The highest BCUT2D eigenvalue weighted by atomic mass is 16.3. The minimum atomic E-state index is 0.0142. The molecule has 0 amide bonds. The molecule has 1 N–H and O–H groups in total. The Kier molecular flexibility index (Phi) is 3.86. The van der Waals surface area contributed by atoms with E-state index in [4.69, 9.17) is 0 Å². The number of hydrogen-bond donors (Lipinski definition) is 1. The summed E-state index contributed by atoms with van der Waals surface area (Å²) in [5.41, 5.74) is 7.64. The zero-order valence-corrected chi connectivity index (χ0v) is 13.9. The van der Waals surface area contributed by atoms with E-state index >= 15 is 0 Å². The molecule has 0 bridgehead atoms. The van der Waals surface area contributed by atoms with Crippen molar-refractivity contribution in [2.45, 2.75) is 6.61 Å². The maximum absolute atomic E-state index is 9.43. The molecule has 0 aromatic heterocycles. The summed E-state index contributed by atoms with van der Waals surface area (Å²) in [5.74, 6) is 0. The maximum Gasteiger partial charge on any atom is 0.138 e. The van der Waals surface area contributed by atoms with E-state index in [1.807, 2.05) is 78.9 Å². The van der Waals surface area contributed by atoms with Gasteiger partial charge in [0.05, 0.1) is 6.61 Å². The van der Waals surface area contributed by atoms with Crippen LogP contribution in [0.5, 0.6) is 0 Å². The molecule has 26 heavy (non-hydrogen) atoms. The van der Waals surface area contributed by atoms with Gasteiger partial charge in [-0.3, -0.25) is 0 Å². The Hall–Kier alpha value is -3.66. The number of fused-ring (bicyclic) bond motifs is 3. The lowest BCUT2D eigenvalue weighted by Crippen LogP contribution is -1.89. The van der Waals surface area contributed by atoms with E-state index in [0.717, 1.165) is 38.9 Å². The number of aliphatic hydroxyl groups is 1. The van der Waals surface area contributed by atoms with Crippen molar-refractivity contribution >= 4 is 5.57 Å². The van der Waals surface area contributed by atoms with Crippen molar-refractivity contribution in [1.29, 1.82) is 10.5 Å². The van der Waals surface area contributed by atoms with Crippen LogP contribution in [0.25, 0.3) is 27.8 Å².